The number of nitrogens with zero attached hydrogens (tertiary/aromatic N) is 3. The zero-order chi connectivity index (χ0) is 19.7. The van der Waals surface area contributed by atoms with E-state index >= 15 is 0 Å². The number of aromatic nitrogens is 3. The maximum absolute atomic E-state index is 12.9. The highest BCUT2D eigenvalue weighted by Gasteiger charge is 2.23. The summed E-state index contributed by atoms with van der Waals surface area (Å²) in [7, 11) is 3.03. The molecule has 0 aliphatic rings. The van der Waals surface area contributed by atoms with E-state index in [1.165, 1.54) is 18.8 Å². The van der Waals surface area contributed by atoms with Crippen molar-refractivity contribution in [3.63, 3.8) is 0 Å². The van der Waals surface area contributed by atoms with Crippen molar-refractivity contribution >= 4 is 22.7 Å². The SMILES string of the molecule is COc1ccc(OC)c(NC(=O)C(C)n2c(C)nc3onc(C)c3c2=O)c1. The number of rotatable bonds is 5. The quantitative estimate of drug-likeness (QED) is 0.731. The van der Waals surface area contributed by atoms with Crippen LogP contribution < -0.4 is 20.3 Å². The Morgan fingerprint density at radius 2 is 2.00 bits per heavy atom. The van der Waals surface area contributed by atoms with Crippen molar-refractivity contribution in [3.05, 3.63) is 40.1 Å². The number of ether oxygens (including phenoxy) is 2. The van der Waals surface area contributed by atoms with E-state index < -0.39 is 11.9 Å². The van der Waals surface area contributed by atoms with E-state index in [2.05, 4.69) is 15.5 Å². The highest BCUT2D eigenvalue weighted by atomic mass is 16.5. The topological polar surface area (TPSA) is 108 Å². The van der Waals surface area contributed by atoms with Gasteiger partial charge in [0.15, 0.2) is 0 Å². The molecule has 27 heavy (non-hydrogen) atoms. The minimum absolute atomic E-state index is 0.160. The number of anilines is 1. The Morgan fingerprint density at radius 3 is 2.67 bits per heavy atom. The summed E-state index contributed by atoms with van der Waals surface area (Å²) in [5.74, 6) is 0.991. The summed E-state index contributed by atoms with van der Waals surface area (Å²) in [6.45, 7) is 4.90. The van der Waals surface area contributed by atoms with Gasteiger partial charge in [-0.15, -0.1) is 0 Å². The molecule has 0 saturated carbocycles. The van der Waals surface area contributed by atoms with Gasteiger partial charge in [0, 0.05) is 6.07 Å². The van der Waals surface area contributed by atoms with Crippen LogP contribution in [0.4, 0.5) is 5.69 Å². The number of hydrogen-bond donors (Lipinski definition) is 1. The lowest BCUT2D eigenvalue weighted by Gasteiger charge is -2.18. The molecule has 3 rings (SSSR count). The first kappa shape index (κ1) is 18.4. The van der Waals surface area contributed by atoms with Gasteiger partial charge in [-0.25, -0.2) is 0 Å². The number of methoxy groups -OCH3 is 2. The van der Waals surface area contributed by atoms with Gasteiger partial charge in [-0.05, 0) is 32.9 Å². The van der Waals surface area contributed by atoms with Gasteiger partial charge in [0.1, 0.15) is 28.8 Å². The van der Waals surface area contributed by atoms with E-state index in [1.54, 1.807) is 39.0 Å². The normalized spacial score (nSPS) is 12.0. The molecule has 1 aromatic carbocycles. The van der Waals surface area contributed by atoms with Crippen molar-refractivity contribution in [1.29, 1.82) is 0 Å². The van der Waals surface area contributed by atoms with Gasteiger partial charge in [0.05, 0.1) is 25.6 Å². The number of aryl methyl sites for hydroxylation is 2. The lowest BCUT2D eigenvalue weighted by Crippen LogP contribution is -2.33. The van der Waals surface area contributed by atoms with Crippen LogP contribution in [0.3, 0.4) is 0 Å². The number of nitrogens with one attached hydrogen (secondary N) is 1. The van der Waals surface area contributed by atoms with Crippen molar-refractivity contribution in [2.75, 3.05) is 19.5 Å². The second-order valence-corrected chi connectivity index (χ2v) is 6.01. The van der Waals surface area contributed by atoms with Crippen LogP contribution in [0.25, 0.3) is 11.1 Å². The summed E-state index contributed by atoms with van der Waals surface area (Å²) >= 11 is 0. The summed E-state index contributed by atoms with van der Waals surface area (Å²) in [4.78, 5) is 29.9. The molecule has 1 unspecified atom stereocenters. The Morgan fingerprint density at radius 1 is 1.26 bits per heavy atom. The van der Waals surface area contributed by atoms with Crippen molar-refractivity contribution in [2.45, 2.75) is 26.8 Å². The van der Waals surface area contributed by atoms with Crippen molar-refractivity contribution in [1.82, 2.24) is 14.7 Å². The highest BCUT2D eigenvalue weighted by molar-refractivity contribution is 5.95. The molecule has 0 aliphatic heterocycles. The van der Waals surface area contributed by atoms with Gasteiger partial charge in [0.2, 0.25) is 5.91 Å². The summed E-state index contributed by atoms with van der Waals surface area (Å²) < 4.78 is 16.8. The third-order valence-electron chi connectivity index (χ3n) is 4.32. The fourth-order valence-electron chi connectivity index (χ4n) is 2.87. The van der Waals surface area contributed by atoms with Gasteiger partial charge >= 0.3 is 0 Å². The van der Waals surface area contributed by atoms with Crippen LogP contribution in [0.1, 0.15) is 24.5 Å². The zero-order valence-electron chi connectivity index (χ0n) is 15.7. The second kappa shape index (κ2) is 7.10. The molecule has 0 aliphatic carbocycles. The first-order valence-corrected chi connectivity index (χ1v) is 8.25. The Balaban J connectivity index is 1.98. The van der Waals surface area contributed by atoms with Gasteiger partial charge in [0.25, 0.3) is 11.3 Å². The van der Waals surface area contributed by atoms with Gasteiger partial charge in [-0.2, -0.15) is 4.98 Å². The zero-order valence-corrected chi connectivity index (χ0v) is 15.7. The summed E-state index contributed by atoms with van der Waals surface area (Å²) in [6.07, 6.45) is 0. The van der Waals surface area contributed by atoms with Crippen LogP contribution in [-0.4, -0.2) is 34.8 Å². The molecule has 0 spiro atoms. The van der Waals surface area contributed by atoms with Gasteiger partial charge < -0.3 is 19.3 Å². The number of amides is 1. The fraction of sp³-hybridized carbons (Fsp3) is 0.333. The molecule has 0 fully saturated rings. The predicted molar refractivity (Wildman–Crippen MR) is 98.4 cm³/mol. The average molecular weight is 372 g/mol. The first-order valence-electron chi connectivity index (χ1n) is 8.25. The molecule has 1 N–H and O–H groups in total. The number of benzene rings is 1. The van der Waals surface area contributed by atoms with Gasteiger partial charge in [-0.1, -0.05) is 5.16 Å². The maximum atomic E-state index is 12.9. The van der Waals surface area contributed by atoms with Crippen LogP contribution in [0.2, 0.25) is 0 Å². The molecular formula is C18H20N4O5. The Hall–Kier alpha value is -3.36. The molecule has 0 saturated heterocycles. The summed E-state index contributed by atoms with van der Waals surface area (Å²) in [5.41, 5.74) is 0.651. The molecule has 9 nitrogen and oxygen atoms in total. The molecule has 9 heteroatoms. The van der Waals surface area contributed by atoms with E-state index in [0.717, 1.165) is 0 Å². The van der Waals surface area contributed by atoms with Crippen LogP contribution in [-0.2, 0) is 4.79 Å². The number of fused-ring (bicyclic) bond motifs is 1. The van der Waals surface area contributed by atoms with Crippen molar-refractivity contribution in [2.24, 2.45) is 0 Å². The average Bonchev–Trinajstić information content (AvgIpc) is 3.02. The first-order chi connectivity index (χ1) is 12.9. The third-order valence-corrected chi connectivity index (χ3v) is 4.32. The van der Waals surface area contributed by atoms with Crippen molar-refractivity contribution < 1.29 is 18.8 Å². The molecule has 0 radical (unpaired) electrons. The lowest BCUT2D eigenvalue weighted by molar-refractivity contribution is -0.118. The smallest absolute Gasteiger partial charge is 0.267 e. The second-order valence-electron chi connectivity index (χ2n) is 6.01. The molecule has 3 aromatic rings. The molecule has 2 aromatic heterocycles. The van der Waals surface area contributed by atoms with Gasteiger partial charge in [-0.3, -0.25) is 14.2 Å². The van der Waals surface area contributed by atoms with E-state index in [4.69, 9.17) is 14.0 Å². The molecule has 142 valence electrons. The Bertz CT molecular complexity index is 1070. The third kappa shape index (κ3) is 3.23. The van der Waals surface area contributed by atoms with E-state index in [0.29, 0.717) is 28.7 Å². The molecule has 2 heterocycles. The Labute approximate surface area is 154 Å². The summed E-state index contributed by atoms with van der Waals surface area (Å²) in [5, 5.41) is 6.81. The lowest BCUT2D eigenvalue weighted by atomic mass is 10.2. The molecule has 1 amide bonds. The predicted octanol–water partition coefficient (Wildman–Crippen LogP) is 2.22. The van der Waals surface area contributed by atoms with Crippen LogP contribution in [0.15, 0.2) is 27.5 Å². The minimum Gasteiger partial charge on any atom is -0.497 e. The molecule has 0 bridgehead atoms. The molecule has 1 atom stereocenters. The minimum atomic E-state index is -0.820. The van der Waals surface area contributed by atoms with Crippen LogP contribution >= 0.6 is 0 Å². The number of hydrogen-bond acceptors (Lipinski definition) is 7. The molecular weight excluding hydrogens is 352 g/mol. The monoisotopic (exact) mass is 372 g/mol. The van der Waals surface area contributed by atoms with Crippen LogP contribution in [0.5, 0.6) is 11.5 Å². The van der Waals surface area contributed by atoms with Crippen LogP contribution in [0, 0.1) is 13.8 Å². The van der Waals surface area contributed by atoms with E-state index in [-0.39, 0.29) is 16.7 Å². The maximum Gasteiger partial charge on any atom is 0.267 e. The van der Waals surface area contributed by atoms with E-state index in [1.807, 2.05) is 0 Å². The standard InChI is InChI=1S/C18H20N4O5/c1-9-15-17(27-21-9)19-11(3)22(18(15)24)10(2)16(23)20-13-8-12(25-4)6-7-14(13)26-5/h6-8,10H,1-5H3,(H,20,23). The largest absolute Gasteiger partial charge is 0.497 e. The number of carbonyl (C=O) groups is 1. The van der Waals surface area contributed by atoms with Crippen molar-refractivity contribution in [3.8, 4) is 11.5 Å². The fourth-order valence-corrected chi connectivity index (χ4v) is 2.87. The van der Waals surface area contributed by atoms with E-state index in [9.17, 15) is 9.59 Å². The highest BCUT2D eigenvalue weighted by Crippen LogP contribution is 2.29. The summed E-state index contributed by atoms with van der Waals surface area (Å²) in [6, 6.07) is 4.23. The number of carbonyl (C=O) groups excluding carboxylic acids is 1. The Kier molecular flexibility index (Phi) is 4.85.